The van der Waals surface area contributed by atoms with Crippen LogP contribution in [0.4, 0.5) is 4.79 Å². The smallest absolute Gasteiger partial charge is 0.324 e. The van der Waals surface area contributed by atoms with E-state index in [0.717, 1.165) is 0 Å². The number of hydrogen-bond acceptors (Lipinski definition) is 4. The number of rotatable bonds is 9. The molecule has 0 aliphatic rings. The molecule has 0 rings (SSSR count). The maximum atomic E-state index is 12.0. The van der Waals surface area contributed by atoms with Crippen molar-refractivity contribution in [2.75, 3.05) is 26.8 Å². The van der Waals surface area contributed by atoms with E-state index in [9.17, 15) is 14.4 Å². The topological polar surface area (TPSA) is 95.9 Å². The number of carboxylic acid groups (broad SMARTS) is 1. The summed E-state index contributed by atoms with van der Waals surface area (Å²) in [7, 11) is 1.55. The maximum Gasteiger partial charge on any atom is 0.324 e. The number of methoxy groups -OCH3 is 1. The molecule has 0 aliphatic carbocycles. The van der Waals surface area contributed by atoms with Gasteiger partial charge >= 0.3 is 12.0 Å². The molecule has 0 fully saturated rings. The van der Waals surface area contributed by atoms with Gasteiger partial charge in [-0.25, -0.2) is 4.79 Å². The van der Waals surface area contributed by atoms with E-state index < -0.39 is 17.9 Å². The Hall–Kier alpha value is -1.63. The molecule has 0 aromatic rings. The number of urea groups is 1. The highest BCUT2D eigenvalue weighted by Gasteiger charge is 2.19. The standard InChI is InChI=1S/C14H26N2O5/c1-10(2)9-16(5-6-21-4)14(20)15-12(17)7-11(3)8-13(18)19/h10-11H,5-9H2,1-4H3,(H,18,19)(H,15,17,20). The summed E-state index contributed by atoms with van der Waals surface area (Å²) < 4.78 is 4.95. The lowest BCUT2D eigenvalue weighted by molar-refractivity contribution is -0.138. The van der Waals surface area contributed by atoms with Crippen LogP contribution < -0.4 is 5.32 Å². The highest BCUT2D eigenvalue weighted by Crippen LogP contribution is 2.07. The van der Waals surface area contributed by atoms with Crippen molar-refractivity contribution < 1.29 is 24.2 Å². The summed E-state index contributed by atoms with van der Waals surface area (Å²) in [5.74, 6) is -1.45. The number of nitrogens with one attached hydrogen (secondary N) is 1. The second-order valence-electron chi connectivity index (χ2n) is 5.59. The SMILES string of the molecule is COCCN(CC(C)C)C(=O)NC(=O)CC(C)CC(=O)O. The van der Waals surface area contributed by atoms with E-state index >= 15 is 0 Å². The summed E-state index contributed by atoms with van der Waals surface area (Å²) in [6.45, 7) is 6.93. The second kappa shape index (κ2) is 10.1. The predicted octanol–water partition coefficient (Wildman–Crippen LogP) is 1.33. The molecule has 7 nitrogen and oxygen atoms in total. The number of nitrogens with zero attached hydrogens (tertiary/aromatic N) is 1. The van der Waals surface area contributed by atoms with Crippen LogP contribution in [-0.4, -0.2) is 54.7 Å². The normalized spacial score (nSPS) is 12.0. The summed E-state index contributed by atoms with van der Waals surface area (Å²) in [4.78, 5) is 35.8. The molecule has 1 unspecified atom stereocenters. The average Bonchev–Trinajstić information content (AvgIpc) is 2.32. The van der Waals surface area contributed by atoms with Crippen LogP contribution in [0.5, 0.6) is 0 Å². The molecule has 0 saturated heterocycles. The number of aliphatic carboxylic acids is 1. The van der Waals surface area contributed by atoms with E-state index in [2.05, 4.69) is 5.32 Å². The lowest BCUT2D eigenvalue weighted by atomic mass is 10.0. The first kappa shape index (κ1) is 19.4. The first-order chi connectivity index (χ1) is 9.76. The van der Waals surface area contributed by atoms with Crippen molar-refractivity contribution in [2.45, 2.75) is 33.6 Å². The van der Waals surface area contributed by atoms with Crippen LogP contribution >= 0.6 is 0 Å². The first-order valence-electron chi connectivity index (χ1n) is 7.05. The van der Waals surface area contributed by atoms with E-state index in [4.69, 9.17) is 9.84 Å². The Kier molecular flexibility index (Phi) is 9.36. The second-order valence-corrected chi connectivity index (χ2v) is 5.59. The fourth-order valence-corrected chi connectivity index (χ4v) is 1.85. The lowest BCUT2D eigenvalue weighted by Crippen LogP contribution is -2.46. The molecule has 0 saturated carbocycles. The number of amides is 3. The Morgan fingerprint density at radius 2 is 1.81 bits per heavy atom. The molecule has 3 amide bonds. The van der Waals surface area contributed by atoms with Crippen molar-refractivity contribution in [2.24, 2.45) is 11.8 Å². The third kappa shape index (κ3) is 9.84. The summed E-state index contributed by atoms with van der Waals surface area (Å²) in [6, 6.07) is -0.465. The molecule has 0 aliphatic heterocycles. The fraction of sp³-hybridized carbons (Fsp3) is 0.786. The molecule has 0 heterocycles. The maximum absolute atomic E-state index is 12.0. The quantitative estimate of drug-likeness (QED) is 0.670. The first-order valence-corrected chi connectivity index (χ1v) is 7.05. The molecule has 7 heteroatoms. The number of carbonyl (C=O) groups is 3. The molecule has 1 atom stereocenters. The zero-order chi connectivity index (χ0) is 16.4. The number of imide groups is 1. The molecule has 0 radical (unpaired) electrons. The van der Waals surface area contributed by atoms with Crippen molar-refractivity contribution in [1.82, 2.24) is 10.2 Å². The fourth-order valence-electron chi connectivity index (χ4n) is 1.85. The minimum Gasteiger partial charge on any atom is -0.481 e. The van der Waals surface area contributed by atoms with Crippen LogP contribution in [0.2, 0.25) is 0 Å². The Morgan fingerprint density at radius 1 is 1.19 bits per heavy atom. The van der Waals surface area contributed by atoms with Crippen molar-refractivity contribution in [3.05, 3.63) is 0 Å². The van der Waals surface area contributed by atoms with Gasteiger partial charge in [-0.05, 0) is 11.8 Å². The summed E-state index contributed by atoms with van der Waals surface area (Å²) in [5, 5.41) is 10.9. The summed E-state index contributed by atoms with van der Waals surface area (Å²) in [5.41, 5.74) is 0. The third-order valence-electron chi connectivity index (χ3n) is 2.74. The monoisotopic (exact) mass is 302 g/mol. The van der Waals surface area contributed by atoms with Crippen molar-refractivity contribution in [3.8, 4) is 0 Å². The van der Waals surface area contributed by atoms with E-state index in [0.29, 0.717) is 19.7 Å². The Labute approximate surface area is 125 Å². The molecule has 0 aromatic heterocycles. The molecule has 0 spiro atoms. The van der Waals surface area contributed by atoms with Gasteiger partial charge in [-0.1, -0.05) is 20.8 Å². The summed E-state index contributed by atoms with van der Waals surface area (Å²) >= 11 is 0. The Morgan fingerprint density at radius 3 is 2.29 bits per heavy atom. The van der Waals surface area contributed by atoms with Crippen LogP contribution in [0.1, 0.15) is 33.6 Å². The molecule has 122 valence electrons. The van der Waals surface area contributed by atoms with Crippen molar-refractivity contribution in [3.63, 3.8) is 0 Å². The molecular weight excluding hydrogens is 276 g/mol. The lowest BCUT2D eigenvalue weighted by Gasteiger charge is -2.24. The van der Waals surface area contributed by atoms with E-state index in [1.807, 2.05) is 13.8 Å². The highest BCUT2D eigenvalue weighted by molar-refractivity contribution is 5.94. The third-order valence-corrected chi connectivity index (χ3v) is 2.74. The van der Waals surface area contributed by atoms with Gasteiger partial charge in [0.1, 0.15) is 0 Å². The van der Waals surface area contributed by atoms with Crippen molar-refractivity contribution >= 4 is 17.9 Å². The number of carboxylic acids is 1. The minimum absolute atomic E-state index is 0.0117. The van der Waals surface area contributed by atoms with Crippen LogP contribution in [0.3, 0.4) is 0 Å². The molecule has 21 heavy (non-hydrogen) atoms. The molecule has 0 bridgehead atoms. The van der Waals surface area contributed by atoms with E-state index in [1.54, 1.807) is 14.0 Å². The Balaban J connectivity index is 4.38. The van der Waals surface area contributed by atoms with Crippen LogP contribution in [0.15, 0.2) is 0 Å². The molecule has 2 N–H and O–H groups in total. The predicted molar refractivity (Wildman–Crippen MR) is 77.9 cm³/mol. The zero-order valence-corrected chi connectivity index (χ0v) is 13.2. The molecule has 0 aromatic carbocycles. The van der Waals surface area contributed by atoms with Crippen LogP contribution in [0, 0.1) is 11.8 Å². The minimum atomic E-state index is -0.955. The number of ether oxygens (including phenoxy) is 1. The molecular formula is C14H26N2O5. The highest BCUT2D eigenvalue weighted by atomic mass is 16.5. The van der Waals surface area contributed by atoms with Gasteiger partial charge in [-0.3, -0.25) is 14.9 Å². The van der Waals surface area contributed by atoms with Crippen molar-refractivity contribution in [1.29, 1.82) is 0 Å². The van der Waals surface area contributed by atoms with Crippen LogP contribution in [0.25, 0.3) is 0 Å². The van der Waals surface area contributed by atoms with E-state index in [-0.39, 0.29) is 24.7 Å². The largest absolute Gasteiger partial charge is 0.481 e. The van der Waals surface area contributed by atoms with Gasteiger partial charge < -0.3 is 14.7 Å². The Bertz CT molecular complexity index is 357. The van der Waals surface area contributed by atoms with Crippen LogP contribution in [-0.2, 0) is 14.3 Å². The summed E-state index contributed by atoms with van der Waals surface area (Å²) in [6.07, 6.45) is -0.0845. The zero-order valence-electron chi connectivity index (χ0n) is 13.2. The van der Waals surface area contributed by atoms with Gasteiger partial charge in [0.05, 0.1) is 6.61 Å². The number of carbonyl (C=O) groups excluding carboxylic acids is 2. The number of hydrogen-bond donors (Lipinski definition) is 2. The average molecular weight is 302 g/mol. The van der Waals surface area contributed by atoms with Gasteiger partial charge in [-0.15, -0.1) is 0 Å². The van der Waals surface area contributed by atoms with Gasteiger partial charge in [0.25, 0.3) is 0 Å². The van der Waals surface area contributed by atoms with E-state index in [1.165, 1.54) is 4.90 Å². The van der Waals surface area contributed by atoms with Gasteiger partial charge in [-0.2, -0.15) is 0 Å². The van der Waals surface area contributed by atoms with Gasteiger partial charge in [0.15, 0.2) is 0 Å². The van der Waals surface area contributed by atoms with Gasteiger partial charge in [0.2, 0.25) is 5.91 Å². The van der Waals surface area contributed by atoms with Gasteiger partial charge in [0, 0.05) is 33.0 Å².